The van der Waals surface area contributed by atoms with E-state index < -0.39 is 0 Å². The second kappa shape index (κ2) is 6.35. The summed E-state index contributed by atoms with van der Waals surface area (Å²) >= 11 is 3.11. The first-order valence-corrected chi connectivity index (χ1v) is 7.83. The predicted octanol–water partition coefficient (Wildman–Crippen LogP) is 3.67. The number of rotatable bonds is 3. The van der Waals surface area contributed by atoms with E-state index in [0.29, 0.717) is 11.5 Å². The van der Waals surface area contributed by atoms with Crippen LogP contribution in [0, 0.1) is 3.57 Å². The number of aromatic nitrogens is 3. The highest BCUT2D eigenvalue weighted by Crippen LogP contribution is 2.25. The lowest BCUT2D eigenvalue weighted by Crippen LogP contribution is -1.92. The Bertz CT molecular complexity index is 759. The van der Waals surface area contributed by atoms with Crippen molar-refractivity contribution in [3.63, 3.8) is 0 Å². The highest BCUT2D eigenvalue weighted by Gasteiger charge is 2.14. The van der Waals surface area contributed by atoms with Crippen molar-refractivity contribution in [2.75, 3.05) is 0 Å². The Morgan fingerprint density at radius 3 is 2.48 bits per heavy atom. The summed E-state index contributed by atoms with van der Waals surface area (Å²) in [7, 11) is 0. The Labute approximate surface area is 138 Å². The maximum atomic E-state index is 12.1. The first-order valence-electron chi connectivity index (χ1n) is 5.94. The Balaban J connectivity index is 1.75. The quantitative estimate of drug-likeness (QED) is 0.486. The molecular weight excluding hydrogens is 401 g/mol. The summed E-state index contributed by atoms with van der Waals surface area (Å²) in [4.78, 5) is 16.0. The molecular formula is C14H8IN3O2S. The molecule has 0 fully saturated rings. The van der Waals surface area contributed by atoms with Crippen LogP contribution in [-0.2, 0) is 0 Å². The molecule has 0 N–H and O–H groups in total. The summed E-state index contributed by atoms with van der Waals surface area (Å²) in [5.41, 5.74) is 1.37. The van der Waals surface area contributed by atoms with E-state index in [1.807, 2.05) is 12.1 Å². The molecule has 3 aromatic rings. The molecule has 2 heterocycles. The summed E-state index contributed by atoms with van der Waals surface area (Å²) in [6.45, 7) is 0. The molecule has 5 nitrogen and oxygen atoms in total. The monoisotopic (exact) mass is 409 g/mol. The van der Waals surface area contributed by atoms with Crippen molar-refractivity contribution in [2.24, 2.45) is 0 Å². The van der Waals surface area contributed by atoms with Crippen LogP contribution in [-0.4, -0.2) is 20.3 Å². The van der Waals surface area contributed by atoms with Crippen molar-refractivity contribution < 1.29 is 9.21 Å². The molecule has 2 aromatic heterocycles. The standard InChI is InChI=1S/C14H8IN3O2S/c15-11-3-1-10(2-4-11)13(19)21-14-18-17-12(20-14)9-5-7-16-8-6-9/h1-8H. The lowest BCUT2D eigenvalue weighted by atomic mass is 10.2. The normalized spacial score (nSPS) is 10.5. The second-order valence-corrected chi connectivity index (χ2v) is 6.18. The van der Waals surface area contributed by atoms with E-state index in [4.69, 9.17) is 4.42 Å². The van der Waals surface area contributed by atoms with Gasteiger partial charge in [0.15, 0.2) is 0 Å². The third-order valence-corrected chi connectivity index (χ3v) is 4.07. The summed E-state index contributed by atoms with van der Waals surface area (Å²) in [5, 5.41) is 7.91. The summed E-state index contributed by atoms with van der Waals surface area (Å²) < 4.78 is 6.55. The Morgan fingerprint density at radius 1 is 1.05 bits per heavy atom. The van der Waals surface area contributed by atoms with E-state index in [9.17, 15) is 4.79 Å². The zero-order valence-electron chi connectivity index (χ0n) is 10.6. The van der Waals surface area contributed by atoms with E-state index in [-0.39, 0.29) is 10.3 Å². The summed E-state index contributed by atoms with van der Waals surface area (Å²) in [5.74, 6) is 0.371. The van der Waals surface area contributed by atoms with E-state index in [0.717, 1.165) is 20.9 Å². The van der Waals surface area contributed by atoms with Gasteiger partial charge in [0, 0.05) is 38.9 Å². The molecule has 1 aromatic carbocycles. The second-order valence-electron chi connectivity index (χ2n) is 4.01. The van der Waals surface area contributed by atoms with Gasteiger partial charge in [0.2, 0.25) is 11.0 Å². The predicted molar refractivity (Wildman–Crippen MR) is 86.9 cm³/mol. The minimum atomic E-state index is -0.128. The third-order valence-electron chi connectivity index (χ3n) is 2.59. The smallest absolute Gasteiger partial charge is 0.284 e. The highest BCUT2D eigenvalue weighted by atomic mass is 127. The number of nitrogens with zero attached hydrogens (tertiary/aromatic N) is 3. The van der Waals surface area contributed by atoms with Gasteiger partial charge in [0.1, 0.15) is 0 Å². The van der Waals surface area contributed by atoms with Crippen molar-refractivity contribution >= 4 is 39.5 Å². The number of carbonyl (C=O) groups excluding carboxylic acids is 1. The van der Waals surface area contributed by atoms with Gasteiger partial charge < -0.3 is 4.42 Å². The van der Waals surface area contributed by atoms with Crippen molar-refractivity contribution in [1.82, 2.24) is 15.2 Å². The van der Waals surface area contributed by atoms with E-state index in [2.05, 4.69) is 37.8 Å². The molecule has 3 rings (SSSR count). The molecule has 0 atom stereocenters. The Hall–Kier alpha value is -1.74. The molecule has 0 radical (unpaired) electrons. The Kier molecular flexibility index (Phi) is 4.30. The van der Waals surface area contributed by atoms with E-state index >= 15 is 0 Å². The fraction of sp³-hybridized carbons (Fsp3) is 0. The number of carbonyl (C=O) groups is 1. The largest absolute Gasteiger partial charge is 0.411 e. The minimum Gasteiger partial charge on any atom is -0.411 e. The number of halogens is 1. The summed E-state index contributed by atoms with van der Waals surface area (Å²) in [6.07, 6.45) is 3.28. The van der Waals surface area contributed by atoms with E-state index in [1.165, 1.54) is 0 Å². The average Bonchev–Trinajstić information content (AvgIpc) is 2.97. The lowest BCUT2D eigenvalue weighted by molar-refractivity contribution is 0.108. The highest BCUT2D eigenvalue weighted by molar-refractivity contribution is 14.1. The van der Waals surface area contributed by atoms with Gasteiger partial charge in [-0.1, -0.05) is 0 Å². The fourth-order valence-electron chi connectivity index (χ4n) is 1.59. The molecule has 0 aliphatic rings. The number of benzene rings is 1. The molecule has 0 amide bonds. The SMILES string of the molecule is O=C(Sc1nnc(-c2ccncc2)o1)c1ccc(I)cc1. The molecule has 104 valence electrons. The third kappa shape index (κ3) is 3.48. The zero-order chi connectivity index (χ0) is 14.7. The fourth-order valence-corrected chi connectivity index (χ4v) is 2.56. The number of hydrogen-bond acceptors (Lipinski definition) is 6. The van der Waals surface area contributed by atoms with Gasteiger partial charge in [-0.3, -0.25) is 9.78 Å². The Morgan fingerprint density at radius 2 is 1.76 bits per heavy atom. The first-order chi connectivity index (χ1) is 10.2. The lowest BCUT2D eigenvalue weighted by Gasteiger charge is -1.97. The van der Waals surface area contributed by atoms with Crippen molar-refractivity contribution in [2.45, 2.75) is 5.22 Å². The zero-order valence-corrected chi connectivity index (χ0v) is 13.5. The maximum absolute atomic E-state index is 12.1. The van der Waals surface area contributed by atoms with Crippen LogP contribution < -0.4 is 0 Å². The molecule has 0 unspecified atom stereocenters. The van der Waals surface area contributed by atoms with Gasteiger partial charge in [0.25, 0.3) is 5.22 Å². The summed E-state index contributed by atoms with van der Waals surface area (Å²) in [6, 6.07) is 10.8. The topological polar surface area (TPSA) is 68.9 Å². The van der Waals surface area contributed by atoms with Crippen molar-refractivity contribution in [3.05, 3.63) is 57.9 Å². The van der Waals surface area contributed by atoms with Crippen molar-refractivity contribution in [3.8, 4) is 11.5 Å². The van der Waals surface area contributed by atoms with Crippen LogP contribution in [0.15, 0.2) is 58.4 Å². The molecule has 0 aliphatic heterocycles. The molecule has 0 bridgehead atoms. The molecule has 0 saturated carbocycles. The van der Waals surface area contributed by atoms with Crippen LogP contribution in [0.2, 0.25) is 0 Å². The van der Waals surface area contributed by atoms with Crippen LogP contribution in [0.3, 0.4) is 0 Å². The molecule has 7 heteroatoms. The minimum absolute atomic E-state index is 0.128. The molecule has 0 aliphatic carbocycles. The van der Waals surface area contributed by atoms with Crippen LogP contribution in [0.1, 0.15) is 10.4 Å². The number of thioether (sulfide) groups is 1. The van der Waals surface area contributed by atoms with Crippen molar-refractivity contribution in [1.29, 1.82) is 0 Å². The molecule has 0 spiro atoms. The maximum Gasteiger partial charge on any atom is 0.284 e. The van der Waals surface area contributed by atoms with Gasteiger partial charge in [-0.15, -0.1) is 10.2 Å². The number of pyridine rings is 1. The average molecular weight is 409 g/mol. The van der Waals surface area contributed by atoms with Crippen LogP contribution in [0.25, 0.3) is 11.5 Å². The molecule has 21 heavy (non-hydrogen) atoms. The van der Waals surface area contributed by atoms with Gasteiger partial charge in [-0.2, -0.15) is 0 Å². The van der Waals surface area contributed by atoms with E-state index in [1.54, 1.807) is 36.7 Å². The van der Waals surface area contributed by atoms with Gasteiger partial charge >= 0.3 is 0 Å². The van der Waals surface area contributed by atoms with Crippen LogP contribution >= 0.6 is 34.4 Å². The number of hydrogen-bond donors (Lipinski definition) is 0. The van der Waals surface area contributed by atoms with Crippen LogP contribution in [0.5, 0.6) is 0 Å². The first kappa shape index (κ1) is 14.2. The van der Waals surface area contributed by atoms with Gasteiger partial charge in [-0.25, -0.2) is 0 Å². The molecule has 0 saturated heterocycles. The van der Waals surface area contributed by atoms with Gasteiger partial charge in [0.05, 0.1) is 0 Å². The van der Waals surface area contributed by atoms with Gasteiger partial charge in [-0.05, 0) is 59.0 Å². The van der Waals surface area contributed by atoms with Crippen LogP contribution in [0.4, 0.5) is 0 Å².